The van der Waals surface area contributed by atoms with Gasteiger partial charge in [-0.15, -0.1) is 0 Å². The van der Waals surface area contributed by atoms with Gasteiger partial charge in [-0.1, -0.05) is 0 Å². The van der Waals surface area contributed by atoms with Crippen molar-refractivity contribution >= 4 is 22.6 Å². The van der Waals surface area contributed by atoms with E-state index in [4.69, 9.17) is 0 Å². The fraction of sp³-hybridized carbons (Fsp3) is 0. The van der Waals surface area contributed by atoms with Crippen LogP contribution in [0, 0.1) is 10.1 Å². The highest BCUT2D eigenvalue weighted by Gasteiger charge is 1.81. The summed E-state index contributed by atoms with van der Waals surface area (Å²) in [6.07, 6.45) is 3.83. The van der Waals surface area contributed by atoms with Crippen molar-refractivity contribution in [2.75, 3.05) is 0 Å². The Hall–Kier alpha value is -0.0600. The summed E-state index contributed by atoms with van der Waals surface area (Å²) in [7, 11) is 0. The maximum Gasteiger partial charge on any atom is 0.284 e. The molecule has 0 aromatic carbocycles. The van der Waals surface area contributed by atoms with Crippen LogP contribution in [0.4, 0.5) is 0 Å². The van der Waals surface area contributed by atoms with E-state index in [1.54, 1.807) is 0 Å². The normalized spacial score (nSPS) is 8.83. The van der Waals surface area contributed by atoms with Gasteiger partial charge in [0.15, 0.2) is 0 Å². The molecule has 6 heavy (non-hydrogen) atoms. The van der Waals surface area contributed by atoms with E-state index in [0.29, 0.717) is 0 Å². The summed E-state index contributed by atoms with van der Waals surface area (Å²) in [6, 6.07) is 0. The molecule has 0 bridgehead atoms. The van der Waals surface area contributed by atoms with Gasteiger partial charge >= 0.3 is 0 Å². The minimum atomic E-state index is 0.840. The summed E-state index contributed by atoms with van der Waals surface area (Å²) >= 11 is 2.04. The first-order valence-corrected chi connectivity index (χ1v) is 2.44. The summed E-state index contributed by atoms with van der Waals surface area (Å²) in [5.41, 5.74) is 0. The predicted molar refractivity (Wildman–Crippen MR) is 28.1 cm³/mol. The van der Waals surface area contributed by atoms with Crippen molar-refractivity contribution in [1.82, 2.24) is 4.98 Å². The van der Waals surface area contributed by atoms with Gasteiger partial charge in [0.2, 0.25) is 0 Å². The Balaban J connectivity index is 3.05. The van der Waals surface area contributed by atoms with Gasteiger partial charge in [0.1, 0.15) is 9.96 Å². The van der Waals surface area contributed by atoms with E-state index in [0.717, 1.165) is 3.70 Å². The first-order chi connectivity index (χ1) is 2.89. The third-order valence-corrected chi connectivity index (χ3v) is 0.857. The lowest BCUT2D eigenvalue weighted by molar-refractivity contribution is 0.547. The van der Waals surface area contributed by atoms with Crippen molar-refractivity contribution in [1.29, 1.82) is 0 Å². The Morgan fingerprint density at radius 3 is 3.00 bits per heavy atom. The molecule has 0 aliphatic rings. The van der Waals surface area contributed by atoms with Gasteiger partial charge in [-0.05, 0) is 22.6 Å². The average Bonchev–Trinajstić information content (AvgIpc) is 1.86. The molecular weight excluding hydrogens is 193 g/mol. The van der Waals surface area contributed by atoms with Gasteiger partial charge in [0, 0.05) is 0 Å². The van der Waals surface area contributed by atoms with Gasteiger partial charge in [0.25, 0.3) is 6.39 Å². The third-order valence-electron chi connectivity index (χ3n) is 0.361. The highest BCUT2D eigenvalue weighted by Crippen LogP contribution is 1.95. The van der Waals surface area contributed by atoms with Gasteiger partial charge in [-0.3, -0.25) is 0 Å². The lowest BCUT2D eigenvalue weighted by atomic mass is 11.0. The van der Waals surface area contributed by atoms with Crippen molar-refractivity contribution in [3.8, 4) is 0 Å². The molecule has 0 saturated carbocycles. The molecule has 1 aromatic rings. The Morgan fingerprint density at radius 2 is 2.83 bits per heavy atom. The van der Waals surface area contributed by atoms with Crippen LogP contribution in [0.15, 0.2) is 10.7 Å². The van der Waals surface area contributed by atoms with Crippen LogP contribution in [0.1, 0.15) is 0 Å². The molecule has 2 nitrogen and oxygen atoms in total. The second-order valence-corrected chi connectivity index (χ2v) is 1.87. The number of halogens is 1. The number of hydrogen-bond donors (Lipinski definition) is 0. The zero-order chi connectivity index (χ0) is 4.41. The van der Waals surface area contributed by atoms with E-state index >= 15 is 0 Å². The van der Waals surface area contributed by atoms with E-state index in [2.05, 4.69) is 15.8 Å². The van der Waals surface area contributed by atoms with Crippen molar-refractivity contribution in [2.24, 2.45) is 0 Å². The van der Waals surface area contributed by atoms with Crippen molar-refractivity contribution in [2.45, 2.75) is 0 Å². The van der Waals surface area contributed by atoms with Gasteiger partial charge in [-0.2, -0.15) is 4.98 Å². The Labute approximate surface area is 48.7 Å². The van der Waals surface area contributed by atoms with Crippen molar-refractivity contribution in [3.05, 3.63) is 16.4 Å². The molecule has 31 valence electrons. The summed E-state index contributed by atoms with van der Waals surface area (Å²) in [4.78, 5) is 3.61. The summed E-state index contributed by atoms with van der Waals surface area (Å²) in [6.45, 7) is 0. The minimum absolute atomic E-state index is 0.840. The fourth-order valence-electron chi connectivity index (χ4n) is 0.171. The fourth-order valence-corrected chi connectivity index (χ4v) is 0.397. The monoisotopic (exact) mass is 194 g/mol. The Morgan fingerprint density at radius 1 is 2.00 bits per heavy atom. The zero-order valence-corrected chi connectivity index (χ0v) is 4.97. The third kappa shape index (κ3) is 0.707. The summed E-state index contributed by atoms with van der Waals surface area (Å²) in [5, 5.41) is 0. The van der Waals surface area contributed by atoms with Crippen LogP contribution >= 0.6 is 22.6 Å². The molecule has 0 aliphatic heterocycles. The van der Waals surface area contributed by atoms with Crippen LogP contribution in [0.25, 0.3) is 0 Å². The van der Waals surface area contributed by atoms with E-state index in [1.165, 1.54) is 6.26 Å². The van der Waals surface area contributed by atoms with Crippen LogP contribution in [0.3, 0.4) is 0 Å². The average molecular weight is 194 g/mol. The number of oxazole rings is 1. The molecule has 1 heterocycles. The standard InChI is InChI=1S/C3HINO/c4-3-1-6-2-5-3/h1H. The topological polar surface area (TPSA) is 26.0 Å². The maximum absolute atomic E-state index is 4.47. The first-order valence-electron chi connectivity index (χ1n) is 1.36. The molecule has 0 N–H and O–H groups in total. The molecular formula is C3HINO. The lowest BCUT2D eigenvalue weighted by Crippen LogP contribution is -1.57. The van der Waals surface area contributed by atoms with Crippen molar-refractivity contribution in [3.63, 3.8) is 0 Å². The largest absolute Gasteiger partial charge is 0.440 e. The second-order valence-electron chi connectivity index (χ2n) is 0.762. The summed E-state index contributed by atoms with van der Waals surface area (Å²) in [5.74, 6) is 0. The van der Waals surface area contributed by atoms with E-state index in [1.807, 2.05) is 22.6 Å². The SMILES string of the molecule is Ic1co[c]n1. The molecule has 0 aliphatic carbocycles. The predicted octanol–water partition coefficient (Wildman–Crippen LogP) is 1.08. The molecule has 1 aromatic heterocycles. The van der Waals surface area contributed by atoms with Crippen LogP contribution in [-0.2, 0) is 0 Å². The molecule has 0 unspecified atom stereocenters. The highest BCUT2D eigenvalue weighted by atomic mass is 127. The number of aromatic nitrogens is 1. The molecule has 3 heteroatoms. The number of nitrogens with zero attached hydrogens (tertiary/aromatic N) is 1. The van der Waals surface area contributed by atoms with Crippen LogP contribution in [0.2, 0.25) is 0 Å². The van der Waals surface area contributed by atoms with Crippen molar-refractivity contribution < 1.29 is 4.42 Å². The molecule has 0 fully saturated rings. The first kappa shape index (κ1) is 4.11. The number of hydrogen-bond acceptors (Lipinski definition) is 2. The van der Waals surface area contributed by atoms with E-state index in [9.17, 15) is 0 Å². The lowest BCUT2D eigenvalue weighted by Gasteiger charge is -1.58. The van der Waals surface area contributed by atoms with Gasteiger partial charge < -0.3 is 4.42 Å². The zero-order valence-electron chi connectivity index (χ0n) is 2.81. The van der Waals surface area contributed by atoms with Gasteiger partial charge in [0.05, 0.1) is 0 Å². The van der Waals surface area contributed by atoms with Crippen LogP contribution in [-0.4, -0.2) is 4.98 Å². The second kappa shape index (κ2) is 1.59. The van der Waals surface area contributed by atoms with Crippen LogP contribution in [0.5, 0.6) is 0 Å². The minimum Gasteiger partial charge on any atom is -0.440 e. The Kier molecular flexibility index (Phi) is 1.09. The van der Waals surface area contributed by atoms with Crippen LogP contribution < -0.4 is 0 Å². The molecule has 1 radical (unpaired) electrons. The Bertz CT molecular complexity index is 114. The van der Waals surface area contributed by atoms with Gasteiger partial charge in [-0.25, -0.2) is 0 Å². The van der Waals surface area contributed by atoms with E-state index < -0.39 is 0 Å². The molecule has 0 spiro atoms. The summed E-state index contributed by atoms with van der Waals surface area (Å²) < 4.78 is 5.31. The quantitative estimate of drug-likeness (QED) is 0.577. The smallest absolute Gasteiger partial charge is 0.284 e. The molecule has 1 rings (SSSR count). The maximum atomic E-state index is 4.47. The number of rotatable bonds is 0. The molecule has 0 atom stereocenters. The van der Waals surface area contributed by atoms with E-state index in [-0.39, 0.29) is 0 Å². The highest BCUT2D eigenvalue weighted by molar-refractivity contribution is 14.1. The molecule has 0 amide bonds. The molecule has 0 saturated heterocycles.